The van der Waals surface area contributed by atoms with Crippen LogP contribution in [0.4, 0.5) is 0 Å². The Morgan fingerprint density at radius 3 is 2.60 bits per heavy atom. The van der Waals surface area contributed by atoms with E-state index in [0.717, 1.165) is 23.8 Å². The van der Waals surface area contributed by atoms with Crippen LogP contribution in [0.1, 0.15) is 41.1 Å². The fraction of sp³-hybridized carbons (Fsp3) is 0.316. The van der Waals surface area contributed by atoms with Gasteiger partial charge in [0, 0.05) is 0 Å². The average Bonchev–Trinajstić information content (AvgIpc) is 2.95. The minimum atomic E-state index is -0.335. The first-order valence-electron chi connectivity index (χ1n) is 8.32. The van der Waals surface area contributed by atoms with E-state index in [9.17, 15) is 4.79 Å². The van der Waals surface area contributed by atoms with Gasteiger partial charge in [-0.05, 0) is 43.5 Å². The fourth-order valence-electron chi connectivity index (χ4n) is 2.63. The minimum Gasteiger partial charge on any atom is -0.462 e. The molecule has 5 nitrogen and oxygen atoms in total. The van der Waals surface area contributed by atoms with Crippen LogP contribution in [-0.4, -0.2) is 22.5 Å². The monoisotopic (exact) mass is 356 g/mol. The Morgan fingerprint density at radius 1 is 1.16 bits per heavy atom. The summed E-state index contributed by atoms with van der Waals surface area (Å²) in [5.41, 5.74) is 2.07. The largest absolute Gasteiger partial charge is 0.462 e. The maximum Gasteiger partial charge on any atom is 0.348 e. The number of hydrogen-bond donors (Lipinski definition) is 0. The molecule has 0 radical (unpaired) electrons. The van der Waals surface area contributed by atoms with Crippen molar-refractivity contribution in [1.29, 1.82) is 0 Å². The zero-order chi connectivity index (χ0) is 17.8. The number of nitrogens with zero attached hydrogens (tertiary/aromatic N) is 2. The van der Waals surface area contributed by atoms with Gasteiger partial charge in [-0.15, -0.1) is 11.3 Å². The van der Waals surface area contributed by atoms with Crippen LogP contribution in [0, 0.1) is 6.92 Å². The van der Waals surface area contributed by atoms with Gasteiger partial charge in [0.25, 0.3) is 0 Å². The standard InChI is InChI=1S/C19H20N2O3S/c1-4-6-13-7-9-14(10-8-13)24-17-15-12(3)16(19(22)23-5-2)25-18(15)21-11-20-17/h7-11H,4-6H2,1-3H3. The minimum absolute atomic E-state index is 0.335. The molecule has 130 valence electrons. The van der Waals surface area contributed by atoms with Crippen LogP contribution < -0.4 is 4.74 Å². The topological polar surface area (TPSA) is 61.3 Å². The van der Waals surface area contributed by atoms with E-state index in [0.29, 0.717) is 27.9 Å². The quantitative estimate of drug-likeness (QED) is 0.587. The summed E-state index contributed by atoms with van der Waals surface area (Å²) in [4.78, 5) is 21.9. The molecule has 3 aromatic rings. The Balaban J connectivity index is 1.95. The maximum absolute atomic E-state index is 12.1. The third kappa shape index (κ3) is 3.64. The summed E-state index contributed by atoms with van der Waals surface area (Å²) in [6.45, 7) is 6.15. The third-order valence-electron chi connectivity index (χ3n) is 3.83. The highest BCUT2D eigenvalue weighted by molar-refractivity contribution is 7.20. The average molecular weight is 356 g/mol. The molecule has 0 fully saturated rings. The molecule has 0 aliphatic carbocycles. The Labute approximate surface area is 150 Å². The highest BCUT2D eigenvalue weighted by atomic mass is 32.1. The van der Waals surface area contributed by atoms with Crippen molar-refractivity contribution < 1.29 is 14.3 Å². The van der Waals surface area contributed by atoms with Crippen molar-refractivity contribution in [2.75, 3.05) is 6.61 Å². The zero-order valence-corrected chi connectivity index (χ0v) is 15.4. The molecule has 2 heterocycles. The smallest absolute Gasteiger partial charge is 0.348 e. The van der Waals surface area contributed by atoms with E-state index >= 15 is 0 Å². The number of fused-ring (bicyclic) bond motifs is 1. The molecule has 0 bridgehead atoms. The number of hydrogen-bond acceptors (Lipinski definition) is 6. The first-order chi connectivity index (χ1) is 12.1. The van der Waals surface area contributed by atoms with E-state index in [4.69, 9.17) is 9.47 Å². The lowest BCUT2D eigenvalue weighted by atomic mass is 10.1. The van der Waals surface area contributed by atoms with Gasteiger partial charge in [-0.25, -0.2) is 14.8 Å². The zero-order valence-electron chi connectivity index (χ0n) is 14.5. The molecule has 1 aromatic carbocycles. The molecule has 25 heavy (non-hydrogen) atoms. The molecule has 0 unspecified atom stereocenters. The first-order valence-corrected chi connectivity index (χ1v) is 9.13. The van der Waals surface area contributed by atoms with Crippen molar-refractivity contribution in [3.8, 4) is 11.6 Å². The number of carbonyl (C=O) groups excluding carboxylic acids is 1. The van der Waals surface area contributed by atoms with Gasteiger partial charge in [0.15, 0.2) is 0 Å². The van der Waals surface area contributed by atoms with Gasteiger partial charge in [0.2, 0.25) is 5.88 Å². The third-order valence-corrected chi connectivity index (χ3v) is 5.01. The molecule has 0 atom stereocenters. The molecule has 6 heteroatoms. The van der Waals surface area contributed by atoms with Gasteiger partial charge in [0.05, 0.1) is 12.0 Å². The Morgan fingerprint density at radius 2 is 1.92 bits per heavy atom. The molecule has 0 saturated carbocycles. The number of benzene rings is 1. The van der Waals surface area contributed by atoms with E-state index < -0.39 is 0 Å². The van der Waals surface area contributed by atoms with Crippen LogP contribution in [-0.2, 0) is 11.2 Å². The molecule has 3 rings (SSSR count). The van der Waals surface area contributed by atoms with Gasteiger partial charge in [-0.2, -0.15) is 0 Å². The number of thiophene rings is 1. The first kappa shape index (κ1) is 17.4. The SMILES string of the molecule is CCCc1ccc(Oc2ncnc3sc(C(=O)OCC)c(C)c23)cc1. The normalized spacial score (nSPS) is 10.8. The summed E-state index contributed by atoms with van der Waals surface area (Å²) in [5, 5.41) is 0.758. The molecule has 0 N–H and O–H groups in total. The second-order valence-corrected chi connectivity index (χ2v) is 6.63. The van der Waals surface area contributed by atoms with Gasteiger partial charge < -0.3 is 9.47 Å². The predicted octanol–water partition coefficient (Wildman–Crippen LogP) is 4.92. The lowest BCUT2D eigenvalue weighted by Gasteiger charge is -2.07. The molecule has 0 aliphatic rings. The van der Waals surface area contributed by atoms with Crippen LogP contribution >= 0.6 is 11.3 Å². The van der Waals surface area contributed by atoms with Gasteiger partial charge in [-0.1, -0.05) is 25.5 Å². The number of aromatic nitrogens is 2. The Hall–Kier alpha value is -2.47. The fourth-order valence-corrected chi connectivity index (χ4v) is 3.67. The number of rotatable bonds is 6. The second kappa shape index (κ2) is 7.61. The van der Waals surface area contributed by atoms with Crippen molar-refractivity contribution in [3.63, 3.8) is 0 Å². The van der Waals surface area contributed by atoms with Crippen molar-refractivity contribution >= 4 is 27.5 Å². The highest BCUT2D eigenvalue weighted by Gasteiger charge is 2.21. The van der Waals surface area contributed by atoms with Crippen LogP contribution in [0.5, 0.6) is 11.6 Å². The Bertz CT molecular complexity index is 888. The molecule has 0 saturated heterocycles. The lowest BCUT2D eigenvalue weighted by Crippen LogP contribution is -2.03. The summed E-state index contributed by atoms with van der Waals surface area (Å²) in [7, 11) is 0. The predicted molar refractivity (Wildman–Crippen MR) is 98.6 cm³/mol. The van der Waals surface area contributed by atoms with E-state index in [1.807, 2.05) is 19.1 Å². The Kier molecular flexibility index (Phi) is 5.28. The number of aryl methyl sites for hydroxylation is 2. The van der Waals surface area contributed by atoms with Gasteiger partial charge in [0.1, 0.15) is 21.8 Å². The van der Waals surface area contributed by atoms with Crippen LogP contribution in [0.15, 0.2) is 30.6 Å². The van der Waals surface area contributed by atoms with E-state index in [2.05, 4.69) is 29.0 Å². The molecule has 0 spiro atoms. The van der Waals surface area contributed by atoms with E-state index in [1.165, 1.54) is 23.2 Å². The molecular weight excluding hydrogens is 336 g/mol. The van der Waals surface area contributed by atoms with E-state index in [-0.39, 0.29) is 5.97 Å². The lowest BCUT2D eigenvalue weighted by molar-refractivity contribution is 0.0531. The molecule has 0 amide bonds. The second-order valence-electron chi connectivity index (χ2n) is 5.63. The number of ether oxygens (including phenoxy) is 2. The van der Waals surface area contributed by atoms with Gasteiger partial charge >= 0.3 is 5.97 Å². The highest BCUT2D eigenvalue weighted by Crippen LogP contribution is 2.36. The van der Waals surface area contributed by atoms with Crippen LogP contribution in [0.25, 0.3) is 10.2 Å². The summed E-state index contributed by atoms with van der Waals surface area (Å²) in [5.74, 6) is 0.832. The maximum atomic E-state index is 12.1. The molecule has 0 aliphatic heterocycles. The van der Waals surface area contributed by atoms with Crippen molar-refractivity contribution in [2.24, 2.45) is 0 Å². The van der Waals surface area contributed by atoms with Gasteiger partial charge in [-0.3, -0.25) is 0 Å². The van der Waals surface area contributed by atoms with Crippen molar-refractivity contribution in [3.05, 3.63) is 46.6 Å². The van der Waals surface area contributed by atoms with Crippen molar-refractivity contribution in [2.45, 2.75) is 33.6 Å². The molecule has 2 aromatic heterocycles. The van der Waals surface area contributed by atoms with Crippen molar-refractivity contribution in [1.82, 2.24) is 9.97 Å². The summed E-state index contributed by atoms with van der Waals surface area (Å²) in [6, 6.07) is 7.99. The van der Waals surface area contributed by atoms with E-state index in [1.54, 1.807) is 6.92 Å². The summed E-state index contributed by atoms with van der Waals surface area (Å²) >= 11 is 1.30. The number of esters is 1. The summed E-state index contributed by atoms with van der Waals surface area (Å²) < 4.78 is 11.1. The summed E-state index contributed by atoms with van der Waals surface area (Å²) in [6.07, 6.45) is 3.61. The van der Waals surface area contributed by atoms with Crippen LogP contribution in [0.3, 0.4) is 0 Å². The van der Waals surface area contributed by atoms with Crippen LogP contribution in [0.2, 0.25) is 0 Å². The molecular formula is C19H20N2O3S. The number of carbonyl (C=O) groups is 1.